The van der Waals surface area contributed by atoms with Crippen LogP contribution in [0.5, 0.6) is 0 Å². The molecular weight excluding hydrogens is 286 g/mol. The van der Waals surface area contributed by atoms with Gasteiger partial charge in [-0.2, -0.15) is 0 Å². The summed E-state index contributed by atoms with van der Waals surface area (Å²) in [5.41, 5.74) is 3.93. The maximum Gasteiger partial charge on any atom is 0.228 e. The largest absolute Gasteiger partial charge is 0.383 e. The second-order valence-corrected chi connectivity index (χ2v) is 5.96. The van der Waals surface area contributed by atoms with E-state index in [0.29, 0.717) is 12.5 Å². The van der Waals surface area contributed by atoms with Gasteiger partial charge in [-0.1, -0.05) is 18.2 Å². The number of aromatic nitrogens is 1. The Morgan fingerprint density at radius 2 is 1.74 bits per heavy atom. The van der Waals surface area contributed by atoms with E-state index in [1.54, 1.807) is 0 Å². The third-order valence-electron chi connectivity index (χ3n) is 3.65. The number of benzene rings is 2. The maximum absolute atomic E-state index is 12.2. The highest BCUT2D eigenvalue weighted by molar-refractivity contribution is 5.95. The molecule has 3 rings (SSSR count). The number of nitrogens with one attached hydrogen (secondary N) is 3. The molecule has 3 N–H and O–H groups in total. The fourth-order valence-electron chi connectivity index (χ4n) is 2.64. The number of rotatable bonds is 5. The number of hydrogen-bond donors (Lipinski definition) is 3. The van der Waals surface area contributed by atoms with Gasteiger partial charge in [0.05, 0.1) is 6.42 Å². The number of aromatic amines is 1. The van der Waals surface area contributed by atoms with Gasteiger partial charge in [-0.15, -0.1) is 0 Å². The zero-order valence-electron chi connectivity index (χ0n) is 13.4. The lowest BCUT2D eigenvalue weighted by Gasteiger charge is -2.11. The molecule has 0 radical (unpaired) electrons. The molecule has 0 bridgehead atoms. The van der Waals surface area contributed by atoms with Crippen LogP contribution < -0.4 is 10.6 Å². The average molecular weight is 307 g/mol. The molecule has 0 saturated carbocycles. The van der Waals surface area contributed by atoms with E-state index < -0.39 is 0 Å². The minimum absolute atomic E-state index is 0.0145. The number of carbonyl (C=O) groups excluding carboxylic acids is 1. The molecule has 4 nitrogen and oxygen atoms in total. The van der Waals surface area contributed by atoms with Gasteiger partial charge >= 0.3 is 0 Å². The van der Waals surface area contributed by atoms with Crippen molar-refractivity contribution >= 4 is 28.2 Å². The molecule has 0 fully saturated rings. The van der Waals surface area contributed by atoms with Gasteiger partial charge in [0.1, 0.15) is 0 Å². The van der Waals surface area contributed by atoms with Crippen molar-refractivity contribution in [1.82, 2.24) is 4.98 Å². The van der Waals surface area contributed by atoms with Crippen LogP contribution in [-0.2, 0) is 11.2 Å². The highest BCUT2D eigenvalue weighted by Gasteiger charge is 2.09. The van der Waals surface area contributed by atoms with Crippen LogP contribution in [0.1, 0.15) is 19.4 Å². The number of hydrogen-bond acceptors (Lipinski definition) is 2. The molecule has 4 heteroatoms. The van der Waals surface area contributed by atoms with Gasteiger partial charge in [0, 0.05) is 34.5 Å². The third kappa shape index (κ3) is 3.72. The van der Waals surface area contributed by atoms with Gasteiger partial charge < -0.3 is 15.6 Å². The van der Waals surface area contributed by atoms with Gasteiger partial charge in [-0.3, -0.25) is 4.79 Å². The number of para-hydroxylation sites is 1. The lowest BCUT2D eigenvalue weighted by Crippen LogP contribution is -2.14. The summed E-state index contributed by atoms with van der Waals surface area (Å²) in [5, 5.41) is 7.37. The molecule has 2 aromatic carbocycles. The van der Waals surface area contributed by atoms with E-state index in [1.165, 1.54) is 0 Å². The van der Waals surface area contributed by atoms with Crippen LogP contribution in [0.25, 0.3) is 10.9 Å². The molecule has 118 valence electrons. The monoisotopic (exact) mass is 307 g/mol. The predicted molar refractivity (Wildman–Crippen MR) is 95.8 cm³/mol. The van der Waals surface area contributed by atoms with Crippen LogP contribution in [-0.4, -0.2) is 16.9 Å². The molecular formula is C19H21N3O. The van der Waals surface area contributed by atoms with Crippen LogP contribution in [0.4, 0.5) is 11.4 Å². The molecule has 23 heavy (non-hydrogen) atoms. The minimum Gasteiger partial charge on any atom is -0.383 e. The molecule has 1 aromatic heterocycles. The molecule has 0 unspecified atom stereocenters. The molecule has 3 aromatic rings. The fraction of sp³-hybridized carbons (Fsp3) is 0.211. The maximum atomic E-state index is 12.2. The molecule has 1 heterocycles. The lowest BCUT2D eigenvalue weighted by atomic mass is 10.1. The Morgan fingerprint density at radius 1 is 1.04 bits per heavy atom. The number of H-pyrrole nitrogens is 1. The van der Waals surface area contributed by atoms with Crippen molar-refractivity contribution in [3.8, 4) is 0 Å². The van der Waals surface area contributed by atoms with E-state index in [-0.39, 0.29) is 5.91 Å². The quantitative estimate of drug-likeness (QED) is 0.662. The van der Waals surface area contributed by atoms with Crippen LogP contribution in [0.15, 0.2) is 54.7 Å². The molecule has 0 aliphatic heterocycles. The SMILES string of the molecule is CC(C)Nc1ccc(NC(=O)Cc2c[nH]c3ccccc23)cc1. The molecule has 0 aliphatic rings. The molecule has 1 amide bonds. The Labute approximate surface area is 135 Å². The summed E-state index contributed by atoms with van der Waals surface area (Å²) in [6.45, 7) is 4.19. The highest BCUT2D eigenvalue weighted by atomic mass is 16.1. The zero-order valence-corrected chi connectivity index (χ0v) is 13.4. The fourth-order valence-corrected chi connectivity index (χ4v) is 2.64. The Kier molecular flexibility index (Phi) is 4.33. The summed E-state index contributed by atoms with van der Waals surface area (Å²) in [4.78, 5) is 15.4. The Bertz CT molecular complexity index is 803. The summed E-state index contributed by atoms with van der Waals surface area (Å²) < 4.78 is 0. The average Bonchev–Trinajstić information content (AvgIpc) is 2.92. The first-order valence-corrected chi connectivity index (χ1v) is 7.83. The van der Waals surface area contributed by atoms with E-state index in [2.05, 4.69) is 29.5 Å². The van der Waals surface area contributed by atoms with Crippen molar-refractivity contribution < 1.29 is 4.79 Å². The second kappa shape index (κ2) is 6.57. The summed E-state index contributed by atoms with van der Waals surface area (Å²) in [6.07, 6.45) is 2.26. The van der Waals surface area contributed by atoms with Crippen molar-refractivity contribution in [2.75, 3.05) is 10.6 Å². The Balaban J connectivity index is 1.65. The summed E-state index contributed by atoms with van der Waals surface area (Å²) >= 11 is 0. The first kappa shape index (κ1) is 15.2. The minimum atomic E-state index is -0.0145. The van der Waals surface area contributed by atoms with Crippen molar-refractivity contribution in [1.29, 1.82) is 0 Å². The van der Waals surface area contributed by atoms with Gasteiger partial charge in [0.15, 0.2) is 0 Å². The standard InChI is InChI=1S/C19H21N3O/c1-13(2)21-15-7-9-16(10-8-15)22-19(23)11-14-12-20-18-6-4-3-5-17(14)18/h3-10,12-13,20-21H,11H2,1-2H3,(H,22,23). The van der Waals surface area contributed by atoms with Crippen LogP contribution in [0.2, 0.25) is 0 Å². The lowest BCUT2D eigenvalue weighted by molar-refractivity contribution is -0.115. The van der Waals surface area contributed by atoms with Gasteiger partial charge in [0.25, 0.3) is 0 Å². The van der Waals surface area contributed by atoms with Crippen molar-refractivity contribution in [2.45, 2.75) is 26.3 Å². The van der Waals surface area contributed by atoms with Crippen molar-refractivity contribution in [2.24, 2.45) is 0 Å². The van der Waals surface area contributed by atoms with Gasteiger partial charge in [0.2, 0.25) is 5.91 Å². The topological polar surface area (TPSA) is 56.9 Å². The van der Waals surface area contributed by atoms with Crippen LogP contribution >= 0.6 is 0 Å². The van der Waals surface area contributed by atoms with E-state index >= 15 is 0 Å². The summed E-state index contributed by atoms with van der Waals surface area (Å²) in [7, 11) is 0. The summed E-state index contributed by atoms with van der Waals surface area (Å²) in [5.74, 6) is -0.0145. The second-order valence-electron chi connectivity index (χ2n) is 5.96. The van der Waals surface area contributed by atoms with E-state index in [1.807, 2.05) is 54.7 Å². The summed E-state index contributed by atoms with van der Waals surface area (Å²) in [6, 6.07) is 16.2. The Morgan fingerprint density at radius 3 is 2.48 bits per heavy atom. The van der Waals surface area contributed by atoms with Gasteiger partial charge in [-0.25, -0.2) is 0 Å². The highest BCUT2D eigenvalue weighted by Crippen LogP contribution is 2.19. The Hall–Kier alpha value is -2.75. The number of carbonyl (C=O) groups is 1. The molecule has 0 aliphatic carbocycles. The molecule has 0 spiro atoms. The number of amides is 1. The third-order valence-corrected chi connectivity index (χ3v) is 3.65. The van der Waals surface area contributed by atoms with E-state index in [9.17, 15) is 4.79 Å². The van der Waals surface area contributed by atoms with E-state index in [4.69, 9.17) is 0 Å². The molecule has 0 atom stereocenters. The number of anilines is 2. The number of fused-ring (bicyclic) bond motifs is 1. The molecule has 0 saturated heterocycles. The van der Waals surface area contributed by atoms with Crippen molar-refractivity contribution in [3.05, 3.63) is 60.3 Å². The smallest absolute Gasteiger partial charge is 0.228 e. The predicted octanol–water partition coefficient (Wildman–Crippen LogP) is 4.17. The van der Waals surface area contributed by atoms with Crippen LogP contribution in [0, 0.1) is 0 Å². The van der Waals surface area contributed by atoms with Crippen molar-refractivity contribution in [3.63, 3.8) is 0 Å². The normalized spacial score (nSPS) is 10.9. The van der Waals surface area contributed by atoms with E-state index in [0.717, 1.165) is 27.8 Å². The zero-order chi connectivity index (χ0) is 16.2. The van der Waals surface area contributed by atoms with Crippen LogP contribution in [0.3, 0.4) is 0 Å². The first-order chi connectivity index (χ1) is 11.1. The first-order valence-electron chi connectivity index (χ1n) is 7.83. The van der Waals surface area contributed by atoms with Gasteiger partial charge in [-0.05, 0) is 49.7 Å².